The second kappa shape index (κ2) is 5.36. The van der Waals surface area contributed by atoms with Gasteiger partial charge in [0, 0.05) is 12.0 Å². The van der Waals surface area contributed by atoms with E-state index in [1.807, 2.05) is 50.3 Å². The summed E-state index contributed by atoms with van der Waals surface area (Å²) in [5.41, 5.74) is 6.44. The lowest BCUT2D eigenvalue weighted by atomic mass is 9.96. The van der Waals surface area contributed by atoms with Gasteiger partial charge >= 0.3 is 0 Å². The Morgan fingerprint density at radius 1 is 1.33 bits per heavy atom. The Hall–Kier alpha value is -1.61. The molecule has 1 aromatic carbocycles. The first-order valence-electron chi connectivity index (χ1n) is 6.31. The molecule has 18 heavy (non-hydrogen) atoms. The van der Waals surface area contributed by atoms with E-state index in [0.717, 1.165) is 0 Å². The molecular formula is C15H19NO2. The largest absolute Gasteiger partial charge is 0.490 e. The van der Waals surface area contributed by atoms with E-state index in [0.29, 0.717) is 17.7 Å². The summed E-state index contributed by atoms with van der Waals surface area (Å²) in [7, 11) is 0. The zero-order valence-electron chi connectivity index (χ0n) is 10.8. The Bertz CT molecular complexity index is 465. The zero-order chi connectivity index (χ0) is 13.1. The van der Waals surface area contributed by atoms with E-state index in [1.54, 1.807) is 0 Å². The second-order valence-corrected chi connectivity index (χ2v) is 4.92. The molecule has 96 valence electrons. The van der Waals surface area contributed by atoms with Gasteiger partial charge in [-0.15, -0.1) is 0 Å². The van der Waals surface area contributed by atoms with Crippen LogP contribution in [0.5, 0.6) is 5.75 Å². The predicted octanol–water partition coefficient (Wildman–Crippen LogP) is 2.56. The lowest BCUT2D eigenvalue weighted by Gasteiger charge is -2.15. The van der Waals surface area contributed by atoms with Crippen molar-refractivity contribution in [3.63, 3.8) is 0 Å². The van der Waals surface area contributed by atoms with Gasteiger partial charge in [-0.3, -0.25) is 4.79 Å². The molecule has 2 N–H and O–H groups in total. The van der Waals surface area contributed by atoms with Crippen molar-refractivity contribution in [1.82, 2.24) is 0 Å². The van der Waals surface area contributed by atoms with Crippen LogP contribution in [0.4, 0.5) is 0 Å². The Kier molecular flexibility index (Phi) is 3.82. The number of Topliss-reactive ketones (excluding diaryl/α,β-unsaturated/α-hetero) is 1. The van der Waals surface area contributed by atoms with E-state index < -0.39 is 0 Å². The van der Waals surface area contributed by atoms with Crippen molar-refractivity contribution >= 4 is 5.78 Å². The molecule has 0 saturated heterocycles. The van der Waals surface area contributed by atoms with Crippen LogP contribution in [0.3, 0.4) is 0 Å². The SMILES string of the molecule is CC(C)Oc1ccccc1C(=O)C1C=CC(N)C1. The van der Waals surface area contributed by atoms with E-state index in [1.165, 1.54) is 0 Å². The van der Waals surface area contributed by atoms with Crippen molar-refractivity contribution in [2.24, 2.45) is 11.7 Å². The van der Waals surface area contributed by atoms with Gasteiger partial charge in [0.25, 0.3) is 0 Å². The van der Waals surface area contributed by atoms with Gasteiger partial charge in [0.2, 0.25) is 0 Å². The fourth-order valence-electron chi connectivity index (χ4n) is 2.15. The van der Waals surface area contributed by atoms with Crippen molar-refractivity contribution < 1.29 is 9.53 Å². The summed E-state index contributed by atoms with van der Waals surface area (Å²) >= 11 is 0. The molecule has 0 aromatic heterocycles. The number of hydrogen-bond acceptors (Lipinski definition) is 3. The highest BCUT2D eigenvalue weighted by Gasteiger charge is 2.25. The number of ketones is 1. The average Bonchev–Trinajstić information content (AvgIpc) is 2.75. The van der Waals surface area contributed by atoms with Crippen LogP contribution >= 0.6 is 0 Å². The van der Waals surface area contributed by atoms with Gasteiger partial charge in [-0.05, 0) is 32.4 Å². The minimum Gasteiger partial charge on any atom is -0.490 e. The van der Waals surface area contributed by atoms with Gasteiger partial charge in [-0.1, -0.05) is 24.3 Å². The van der Waals surface area contributed by atoms with E-state index in [9.17, 15) is 4.79 Å². The Balaban J connectivity index is 2.22. The van der Waals surface area contributed by atoms with Crippen LogP contribution in [-0.2, 0) is 0 Å². The maximum absolute atomic E-state index is 12.4. The molecule has 0 aliphatic heterocycles. The van der Waals surface area contributed by atoms with Gasteiger partial charge in [0.15, 0.2) is 5.78 Å². The summed E-state index contributed by atoms with van der Waals surface area (Å²) < 4.78 is 5.68. The Labute approximate surface area is 108 Å². The van der Waals surface area contributed by atoms with Gasteiger partial charge in [-0.25, -0.2) is 0 Å². The van der Waals surface area contributed by atoms with Crippen LogP contribution in [0.25, 0.3) is 0 Å². The third-order valence-electron chi connectivity index (χ3n) is 2.97. The minimum absolute atomic E-state index is 0.00266. The monoisotopic (exact) mass is 245 g/mol. The van der Waals surface area contributed by atoms with Gasteiger partial charge in [0.05, 0.1) is 11.7 Å². The number of nitrogens with two attached hydrogens (primary N) is 1. The van der Waals surface area contributed by atoms with Crippen molar-refractivity contribution in [2.45, 2.75) is 32.4 Å². The molecule has 1 aromatic rings. The van der Waals surface area contributed by atoms with Gasteiger partial charge < -0.3 is 10.5 Å². The van der Waals surface area contributed by atoms with Crippen LogP contribution in [0.15, 0.2) is 36.4 Å². The standard InChI is InChI=1S/C15H19NO2/c1-10(2)18-14-6-4-3-5-13(14)15(17)11-7-8-12(16)9-11/h3-8,10-12H,9,16H2,1-2H3. The summed E-state index contributed by atoms with van der Waals surface area (Å²) in [6.07, 6.45) is 4.54. The minimum atomic E-state index is -0.114. The molecule has 0 bridgehead atoms. The normalized spacial score (nSPS) is 22.4. The highest BCUT2D eigenvalue weighted by atomic mass is 16.5. The number of benzene rings is 1. The first-order chi connectivity index (χ1) is 8.58. The molecule has 3 heteroatoms. The van der Waals surface area contributed by atoms with E-state index in [4.69, 9.17) is 10.5 Å². The molecule has 1 aliphatic rings. The lowest BCUT2D eigenvalue weighted by Crippen LogP contribution is -2.20. The molecule has 2 unspecified atom stereocenters. The maximum atomic E-state index is 12.4. The predicted molar refractivity (Wildman–Crippen MR) is 71.8 cm³/mol. The second-order valence-electron chi connectivity index (χ2n) is 4.92. The van der Waals surface area contributed by atoms with Crippen molar-refractivity contribution in [1.29, 1.82) is 0 Å². The average molecular weight is 245 g/mol. The number of para-hydroxylation sites is 1. The fraction of sp³-hybridized carbons (Fsp3) is 0.400. The number of allylic oxidation sites excluding steroid dienone is 1. The quantitative estimate of drug-likeness (QED) is 0.655. The number of carbonyl (C=O) groups is 1. The summed E-state index contributed by atoms with van der Waals surface area (Å²) in [4.78, 5) is 12.4. The van der Waals surface area contributed by atoms with Crippen LogP contribution in [0.1, 0.15) is 30.6 Å². The summed E-state index contributed by atoms with van der Waals surface area (Å²) in [5, 5.41) is 0. The van der Waals surface area contributed by atoms with Gasteiger partial charge in [-0.2, -0.15) is 0 Å². The zero-order valence-corrected chi connectivity index (χ0v) is 10.8. The molecule has 0 amide bonds. The first kappa shape index (κ1) is 12.8. The van der Waals surface area contributed by atoms with Crippen LogP contribution in [0, 0.1) is 5.92 Å². The van der Waals surface area contributed by atoms with Crippen molar-refractivity contribution in [3.05, 3.63) is 42.0 Å². The third kappa shape index (κ3) is 2.79. The van der Waals surface area contributed by atoms with Crippen LogP contribution < -0.4 is 10.5 Å². The van der Waals surface area contributed by atoms with E-state index in [2.05, 4.69) is 0 Å². The smallest absolute Gasteiger partial charge is 0.173 e. The van der Waals surface area contributed by atoms with Crippen molar-refractivity contribution in [2.75, 3.05) is 0 Å². The molecule has 2 atom stereocenters. The number of ether oxygens (including phenoxy) is 1. The molecule has 0 heterocycles. The highest BCUT2D eigenvalue weighted by molar-refractivity contribution is 6.01. The van der Waals surface area contributed by atoms with Crippen LogP contribution in [-0.4, -0.2) is 17.9 Å². The third-order valence-corrected chi connectivity index (χ3v) is 2.97. The number of carbonyl (C=O) groups excluding carboxylic acids is 1. The number of rotatable bonds is 4. The molecule has 0 spiro atoms. The van der Waals surface area contributed by atoms with E-state index >= 15 is 0 Å². The maximum Gasteiger partial charge on any atom is 0.173 e. The Morgan fingerprint density at radius 3 is 2.67 bits per heavy atom. The summed E-state index contributed by atoms with van der Waals surface area (Å²) in [5.74, 6) is 0.638. The fourth-order valence-corrected chi connectivity index (χ4v) is 2.15. The molecular weight excluding hydrogens is 226 g/mol. The van der Waals surface area contributed by atoms with Gasteiger partial charge in [0.1, 0.15) is 5.75 Å². The Morgan fingerprint density at radius 2 is 2.06 bits per heavy atom. The lowest BCUT2D eigenvalue weighted by molar-refractivity contribution is 0.0937. The first-order valence-corrected chi connectivity index (χ1v) is 6.31. The topological polar surface area (TPSA) is 52.3 Å². The molecule has 0 radical (unpaired) electrons. The van der Waals surface area contributed by atoms with Crippen LogP contribution in [0.2, 0.25) is 0 Å². The van der Waals surface area contributed by atoms with E-state index in [-0.39, 0.29) is 23.8 Å². The summed E-state index contributed by atoms with van der Waals surface area (Å²) in [6, 6.07) is 7.39. The molecule has 3 nitrogen and oxygen atoms in total. The molecule has 2 rings (SSSR count). The summed E-state index contributed by atoms with van der Waals surface area (Å²) in [6.45, 7) is 3.90. The molecule has 1 aliphatic carbocycles. The molecule has 0 saturated carbocycles. The highest BCUT2D eigenvalue weighted by Crippen LogP contribution is 2.27. The number of hydrogen-bond donors (Lipinski definition) is 1. The van der Waals surface area contributed by atoms with Crippen molar-refractivity contribution in [3.8, 4) is 5.75 Å². The molecule has 0 fully saturated rings.